The number of carbonyl (C=O) groups is 1. The van der Waals surface area contributed by atoms with E-state index in [4.69, 9.17) is 4.84 Å². The van der Waals surface area contributed by atoms with Gasteiger partial charge in [0, 0.05) is 11.3 Å². The predicted octanol–water partition coefficient (Wildman–Crippen LogP) is 5.06. The summed E-state index contributed by atoms with van der Waals surface area (Å²) in [7, 11) is 0. The van der Waals surface area contributed by atoms with Gasteiger partial charge in [-0.2, -0.15) is 5.26 Å². The monoisotopic (exact) mass is 370 g/mol. The highest BCUT2D eigenvalue weighted by atomic mass is 32.1. The number of aryl methyl sites for hydroxylation is 1. The van der Waals surface area contributed by atoms with Crippen molar-refractivity contribution < 1.29 is 9.63 Å². The van der Waals surface area contributed by atoms with Crippen LogP contribution in [0, 0.1) is 24.2 Å². The predicted molar refractivity (Wildman–Crippen MR) is 105 cm³/mol. The zero-order chi connectivity index (χ0) is 19.2. The van der Waals surface area contributed by atoms with Crippen LogP contribution in [0.5, 0.6) is 0 Å². The first-order valence-electron chi connectivity index (χ1n) is 8.86. The maximum Gasteiger partial charge on any atom is 0.324 e. The van der Waals surface area contributed by atoms with Crippen LogP contribution in [0.15, 0.2) is 41.8 Å². The topological polar surface area (TPSA) is 62.1 Å². The van der Waals surface area contributed by atoms with Gasteiger partial charge in [-0.15, -0.1) is 16.8 Å². The first kappa shape index (κ1) is 20.2. The van der Waals surface area contributed by atoms with Gasteiger partial charge in [-0.1, -0.05) is 49.7 Å². The van der Waals surface area contributed by atoms with Crippen molar-refractivity contribution in [2.45, 2.75) is 52.0 Å². The summed E-state index contributed by atoms with van der Waals surface area (Å²) < 4.78 is 0. The summed E-state index contributed by atoms with van der Waals surface area (Å²) in [5.74, 6) is -0.237. The molecular formula is C21H26N2O2S. The molecule has 2 atom stereocenters. The minimum atomic E-state index is -0.657. The Morgan fingerprint density at radius 2 is 1.96 bits per heavy atom. The SMILES string of the molecule is Cc1ccc([C@H](C)NOC(=O)CC[C@](C#N)(c2cccs2)C(C)C)cc1. The molecule has 2 rings (SSSR count). The van der Waals surface area contributed by atoms with E-state index in [2.05, 4.69) is 11.5 Å². The summed E-state index contributed by atoms with van der Waals surface area (Å²) >= 11 is 1.56. The summed E-state index contributed by atoms with van der Waals surface area (Å²) in [6, 6.07) is 14.3. The standard InChI is InChI=1S/C21H26N2O2S/c1-15(2)21(14-22,19-6-5-13-26-19)12-11-20(24)25-23-17(4)18-9-7-16(3)8-10-18/h5-10,13,15,17,23H,11-12H2,1-4H3/t17-,21+/m0/s1. The Morgan fingerprint density at radius 1 is 1.27 bits per heavy atom. The number of nitrogens with one attached hydrogen (secondary N) is 1. The molecule has 4 nitrogen and oxygen atoms in total. The zero-order valence-corrected chi connectivity index (χ0v) is 16.6. The van der Waals surface area contributed by atoms with Crippen LogP contribution in [0.3, 0.4) is 0 Å². The van der Waals surface area contributed by atoms with Gasteiger partial charge in [0.15, 0.2) is 0 Å². The van der Waals surface area contributed by atoms with Crippen LogP contribution in [-0.4, -0.2) is 5.97 Å². The van der Waals surface area contributed by atoms with E-state index < -0.39 is 5.41 Å². The Kier molecular flexibility index (Phi) is 6.96. The van der Waals surface area contributed by atoms with Crippen LogP contribution in [-0.2, 0) is 15.0 Å². The smallest absolute Gasteiger partial charge is 0.324 e. The second-order valence-electron chi connectivity index (χ2n) is 6.94. The van der Waals surface area contributed by atoms with Gasteiger partial charge in [0.25, 0.3) is 0 Å². The second-order valence-corrected chi connectivity index (χ2v) is 7.89. The lowest BCUT2D eigenvalue weighted by molar-refractivity contribution is -0.153. The van der Waals surface area contributed by atoms with E-state index in [1.807, 2.05) is 69.5 Å². The minimum Gasteiger partial charge on any atom is -0.370 e. The fraction of sp³-hybridized carbons (Fsp3) is 0.429. The van der Waals surface area contributed by atoms with E-state index in [9.17, 15) is 10.1 Å². The molecule has 0 amide bonds. The minimum absolute atomic E-state index is 0.0948. The zero-order valence-electron chi connectivity index (χ0n) is 15.8. The van der Waals surface area contributed by atoms with Gasteiger partial charge in [-0.05, 0) is 43.2 Å². The van der Waals surface area contributed by atoms with Gasteiger partial charge in [-0.25, -0.2) is 0 Å². The van der Waals surface area contributed by atoms with Crippen LogP contribution in [0.1, 0.15) is 55.7 Å². The molecule has 0 unspecified atom stereocenters. The first-order chi connectivity index (χ1) is 12.4. The molecule has 138 valence electrons. The van der Waals surface area contributed by atoms with E-state index in [1.165, 1.54) is 5.56 Å². The highest BCUT2D eigenvalue weighted by Crippen LogP contribution is 2.39. The Balaban J connectivity index is 1.92. The van der Waals surface area contributed by atoms with Crippen molar-refractivity contribution in [1.82, 2.24) is 5.48 Å². The maximum atomic E-state index is 12.2. The summed E-state index contributed by atoms with van der Waals surface area (Å²) in [5, 5.41) is 11.8. The molecule has 0 radical (unpaired) electrons. The fourth-order valence-electron chi connectivity index (χ4n) is 2.90. The van der Waals surface area contributed by atoms with Crippen LogP contribution >= 0.6 is 11.3 Å². The van der Waals surface area contributed by atoms with Crippen LogP contribution in [0.25, 0.3) is 0 Å². The van der Waals surface area contributed by atoms with Crippen molar-refractivity contribution in [2.24, 2.45) is 5.92 Å². The van der Waals surface area contributed by atoms with E-state index in [0.29, 0.717) is 6.42 Å². The summed E-state index contributed by atoms with van der Waals surface area (Å²) in [4.78, 5) is 18.4. The normalized spacial score (nSPS) is 14.5. The van der Waals surface area contributed by atoms with E-state index >= 15 is 0 Å². The summed E-state index contributed by atoms with van der Waals surface area (Å²) in [6.07, 6.45) is 0.637. The Morgan fingerprint density at radius 3 is 2.50 bits per heavy atom. The van der Waals surface area contributed by atoms with Crippen molar-refractivity contribution in [1.29, 1.82) is 5.26 Å². The third-order valence-electron chi connectivity index (χ3n) is 4.80. The molecule has 0 aliphatic carbocycles. The molecule has 0 aliphatic heterocycles. The molecule has 0 aliphatic rings. The molecule has 1 aromatic carbocycles. The largest absolute Gasteiger partial charge is 0.370 e. The lowest BCUT2D eigenvalue weighted by Gasteiger charge is -2.29. The average molecular weight is 371 g/mol. The number of thiophene rings is 1. The molecule has 1 N–H and O–H groups in total. The van der Waals surface area contributed by atoms with Gasteiger partial charge in [0.1, 0.15) is 0 Å². The highest BCUT2D eigenvalue weighted by Gasteiger charge is 2.37. The third-order valence-corrected chi connectivity index (χ3v) is 5.84. The van der Waals surface area contributed by atoms with Crippen molar-refractivity contribution in [3.8, 4) is 6.07 Å². The van der Waals surface area contributed by atoms with E-state index in [-0.39, 0.29) is 24.3 Å². The second kappa shape index (κ2) is 8.98. The summed E-state index contributed by atoms with van der Waals surface area (Å²) in [6.45, 7) is 8.01. The van der Waals surface area contributed by atoms with Crippen LogP contribution in [0.4, 0.5) is 0 Å². The maximum absolute atomic E-state index is 12.2. The third kappa shape index (κ3) is 4.72. The number of nitriles is 1. The number of hydroxylamine groups is 1. The van der Waals surface area contributed by atoms with Gasteiger partial charge in [0.2, 0.25) is 0 Å². The molecular weight excluding hydrogens is 344 g/mol. The van der Waals surface area contributed by atoms with Crippen LogP contribution < -0.4 is 5.48 Å². The molecule has 0 saturated carbocycles. The number of nitrogens with zero attached hydrogens (tertiary/aromatic N) is 1. The lowest BCUT2D eigenvalue weighted by atomic mass is 9.74. The number of rotatable bonds is 8. The van der Waals surface area contributed by atoms with Crippen molar-refractivity contribution >= 4 is 17.3 Å². The number of hydrogen-bond acceptors (Lipinski definition) is 5. The molecule has 2 aromatic rings. The van der Waals surface area contributed by atoms with E-state index in [0.717, 1.165) is 10.4 Å². The molecule has 26 heavy (non-hydrogen) atoms. The van der Waals surface area contributed by atoms with Gasteiger partial charge in [0.05, 0.1) is 17.5 Å². The number of benzene rings is 1. The quantitative estimate of drug-likeness (QED) is 0.660. The van der Waals surface area contributed by atoms with Crippen LogP contribution in [0.2, 0.25) is 0 Å². The molecule has 0 fully saturated rings. The molecule has 0 spiro atoms. The van der Waals surface area contributed by atoms with Crippen molar-refractivity contribution in [3.05, 3.63) is 57.8 Å². The Bertz CT molecular complexity index is 747. The Hall–Kier alpha value is -2.16. The highest BCUT2D eigenvalue weighted by molar-refractivity contribution is 7.10. The number of hydrogen-bond donors (Lipinski definition) is 1. The first-order valence-corrected chi connectivity index (χ1v) is 9.74. The average Bonchev–Trinajstić information content (AvgIpc) is 3.16. The van der Waals surface area contributed by atoms with E-state index in [1.54, 1.807) is 11.3 Å². The fourth-order valence-corrected chi connectivity index (χ4v) is 3.95. The van der Waals surface area contributed by atoms with Gasteiger partial charge >= 0.3 is 5.97 Å². The summed E-state index contributed by atoms with van der Waals surface area (Å²) in [5.41, 5.74) is 4.39. The molecule has 5 heteroatoms. The van der Waals surface area contributed by atoms with Crippen molar-refractivity contribution in [2.75, 3.05) is 0 Å². The molecule has 1 heterocycles. The number of carbonyl (C=O) groups excluding carboxylic acids is 1. The van der Waals surface area contributed by atoms with Crippen molar-refractivity contribution in [3.63, 3.8) is 0 Å². The molecule has 0 bridgehead atoms. The Labute approximate surface area is 159 Å². The lowest BCUT2D eigenvalue weighted by Crippen LogP contribution is -2.31. The van der Waals surface area contributed by atoms with Gasteiger partial charge < -0.3 is 4.84 Å². The van der Waals surface area contributed by atoms with Gasteiger partial charge in [-0.3, -0.25) is 4.79 Å². The molecule has 1 aromatic heterocycles. The molecule has 0 saturated heterocycles.